The number of nitrogens with zero attached hydrogens (tertiary/aromatic N) is 1. The second-order valence-electron chi connectivity index (χ2n) is 7.14. The van der Waals surface area contributed by atoms with Crippen LogP contribution in [-0.4, -0.2) is 37.0 Å². The van der Waals surface area contributed by atoms with Crippen molar-refractivity contribution in [2.24, 2.45) is 0 Å². The van der Waals surface area contributed by atoms with E-state index >= 15 is 0 Å². The Labute approximate surface area is 169 Å². The molecule has 0 bridgehead atoms. The standard InChI is InChI=1S/C23H24N2O4/c1-2-16-3-5-17(6-4-16)20-14-24-11-12-25(20)22(26)15-28-19-9-7-18-8-10-23(27)29-21(18)13-19/h3-10,13,20,24H,2,11-12,14-15H2,1H3. The number of aryl methyl sites for hydroxylation is 1. The first kappa shape index (κ1) is 19.2. The van der Waals surface area contributed by atoms with E-state index in [2.05, 4.69) is 36.5 Å². The Morgan fingerprint density at radius 2 is 1.97 bits per heavy atom. The zero-order valence-electron chi connectivity index (χ0n) is 16.4. The van der Waals surface area contributed by atoms with Crippen molar-refractivity contribution in [3.05, 3.63) is 76.1 Å². The first-order chi connectivity index (χ1) is 14.1. The summed E-state index contributed by atoms with van der Waals surface area (Å²) in [6, 6.07) is 16.7. The smallest absolute Gasteiger partial charge is 0.336 e. The predicted octanol–water partition coefficient (Wildman–Crippen LogP) is 2.91. The molecule has 1 aliphatic heterocycles. The summed E-state index contributed by atoms with van der Waals surface area (Å²) < 4.78 is 10.9. The van der Waals surface area contributed by atoms with Crippen LogP contribution in [0.2, 0.25) is 0 Å². The van der Waals surface area contributed by atoms with Gasteiger partial charge in [0, 0.05) is 37.2 Å². The molecule has 1 fully saturated rings. The summed E-state index contributed by atoms with van der Waals surface area (Å²) in [5, 5.41) is 4.18. The van der Waals surface area contributed by atoms with Crippen LogP contribution in [0.3, 0.4) is 0 Å². The Bertz CT molecular complexity index is 1060. The molecule has 1 saturated heterocycles. The highest BCUT2D eigenvalue weighted by atomic mass is 16.5. The maximum atomic E-state index is 12.9. The zero-order chi connectivity index (χ0) is 20.2. The van der Waals surface area contributed by atoms with Crippen LogP contribution in [-0.2, 0) is 11.2 Å². The van der Waals surface area contributed by atoms with Crippen molar-refractivity contribution in [3.63, 3.8) is 0 Å². The number of ether oxygens (including phenoxy) is 1. The van der Waals surface area contributed by atoms with Crippen LogP contribution in [0.4, 0.5) is 0 Å². The maximum Gasteiger partial charge on any atom is 0.336 e. The van der Waals surface area contributed by atoms with Gasteiger partial charge in [-0.15, -0.1) is 0 Å². The van der Waals surface area contributed by atoms with E-state index in [-0.39, 0.29) is 18.6 Å². The third-order valence-corrected chi connectivity index (χ3v) is 5.29. The molecule has 29 heavy (non-hydrogen) atoms. The molecule has 6 nitrogen and oxygen atoms in total. The number of amides is 1. The molecule has 6 heteroatoms. The zero-order valence-corrected chi connectivity index (χ0v) is 16.4. The molecule has 0 aliphatic carbocycles. The molecule has 4 rings (SSSR count). The number of hydrogen-bond donors (Lipinski definition) is 1. The summed E-state index contributed by atoms with van der Waals surface area (Å²) in [7, 11) is 0. The number of fused-ring (bicyclic) bond motifs is 1. The summed E-state index contributed by atoms with van der Waals surface area (Å²) in [4.78, 5) is 26.2. The first-order valence-corrected chi connectivity index (χ1v) is 9.90. The lowest BCUT2D eigenvalue weighted by atomic mass is 10.0. The lowest BCUT2D eigenvalue weighted by Gasteiger charge is -2.36. The van der Waals surface area contributed by atoms with E-state index in [4.69, 9.17) is 9.15 Å². The van der Waals surface area contributed by atoms with Crippen LogP contribution in [0.25, 0.3) is 11.0 Å². The van der Waals surface area contributed by atoms with Crippen LogP contribution < -0.4 is 15.7 Å². The maximum absolute atomic E-state index is 12.9. The molecule has 3 aromatic rings. The van der Waals surface area contributed by atoms with Gasteiger partial charge in [-0.2, -0.15) is 0 Å². The van der Waals surface area contributed by atoms with E-state index in [0.717, 1.165) is 30.5 Å². The van der Waals surface area contributed by atoms with Gasteiger partial charge >= 0.3 is 5.63 Å². The highest BCUT2D eigenvalue weighted by Crippen LogP contribution is 2.24. The van der Waals surface area contributed by atoms with E-state index in [1.807, 2.05) is 4.90 Å². The van der Waals surface area contributed by atoms with E-state index < -0.39 is 5.63 Å². The second kappa shape index (κ2) is 8.49. The molecule has 1 unspecified atom stereocenters. The van der Waals surface area contributed by atoms with Gasteiger partial charge in [-0.1, -0.05) is 31.2 Å². The summed E-state index contributed by atoms with van der Waals surface area (Å²) in [6.07, 6.45) is 0.992. The number of hydrogen-bond acceptors (Lipinski definition) is 5. The number of carbonyl (C=O) groups is 1. The molecule has 1 aliphatic rings. The molecule has 2 aromatic carbocycles. The second-order valence-corrected chi connectivity index (χ2v) is 7.14. The number of rotatable bonds is 5. The molecule has 1 N–H and O–H groups in total. The highest BCUT2D eigenvalue weighted by molar-refractivity contribution is 5.80. The van der Waals surface area contributed by atoms with Crippen molar-refractivity contribution in [3.8, 4) is 5.75 Å². The van der Waals surface area contributed by atoms with E-state index in [1.54, 1.807) is 24.3 Å². The van der Waals surface area contributed by atoms with E-state index in [0.29, 0.717) is 17.9 Å². The number of benzene rings is 2. The Balaban J connectivity index is 1.46. The van der Waals surface area contributed by atoms with Crippen molar-refractivity contribution in [1.82, 2.24) is 10.2 Å². The average Bonchev–Trinajstić information content (AvgIpc) is 2.77. The van der Waals surface area contributed by atoms with Crippen LogP contribution in [0.15, 0.2) is 63.8 Å². The van der Waals surface area contributed by atoms with Gasteiger partial charge in [0.1, 0.15) is 11.3 Å². The molecule has 150 valence electrons. The highest BCUT2D eigenvalue weighted by Gasteiger charge is 2.28. The lowest BCUT2D eigenvalue weighted by Crippen LogP contribution is -2.50. The minimum atomic E-state index is -0.413. The fourth-order valence-corrected chi connectivity index (χ4v) is 3.63. The third-order valence-electron chi connectivity index (χ3n) is 5.29. The first-order valence-electron chi connectivity index (χ1n) is 9.90. The quantitative estimate of drug-likeness (QED) is 0.676. The van der Waals surface area contributed by atoms with Gasteiger partial charge in [-0.05, 0) is 35.7 Å². The predicted molar refractivity (Wildman–Crippen MR) is 111 cm³/mol. The molecular weight excluding hydrogens is 368 g/mol. The minimum absolute atomic E-state index is 0.0135. The summed E-state index contributed by atoms with van der Waals surface area (Å²) in [6.45, 7) is 4.18. The minimum Gasteiger partial charge on any atom is -0.484 e. The molecule has 1 aromatic heterocycles. The molecule has 0 spiro atoms. The molecule has 1 atom stereocenters. The Morgan fingerprint density at radius 1 is 1.17 bits per heavy atom. The fraction of sp³-hybridized carbons (Fsp3) is 0.304. The Kier molecular flexibility index (Phi) is 5.62. The van der Waals surface area contributed by atoms with Crippen molar-refractivity contribution in [2.75, 3.05) is 26.2 Å². The van der Waals surface area contributed by atoms with Crippen molar-refractivity contribution >= 4 is 16.9 Å². The van der Waals surface area contributed by atoms with Gasteiger partial charge in [0.05, 0.1) is 6.04 Å². The fourth-order valence-electron chi connectivity index (χ4n) is 3.63. The van der Waals surface area contributed by atoms with Crippen molar-refractivity contribution in [2.45, 2.75) is 19.4 Å². The normalized spacial score (nSPS) is 16.7. The van der Waals surface area contributed by atoms with Crippen molar-refractivity contribution < 1.29 is 13.9 Å². The number of carbonyl (C=O) groups excluding carboxylic acids is 1. The number of nitrogens with one attached hydrogen (secondary N) is 1. The summed E-state index contributed by atoms with van der Waals surface area (Å²) in [5.74, 6) is 0.435. The van der Waals surface area contributed by atoms with Gasteiger partial charge in [0.25, 0.3) is 5.91 Å². The van der Waals surface area contributed by atoms with Crippen molar-refractivity contribution in [1.29, 1.82) is 0 Å². The van der Waals surface area contributed by atoms with Gasteiger partial charge in [0.2, 0.25) is 0 Å². The van der Waals surface area contributed by atoms with Gasteiger partial charge in [-0.3, -0.25) is 4.79 Å². The average molecular weight is 392 g/mol. The molecule has 0 saturated carbocycles. The largest absolute Gasteiger partial charge is 0.484 e. The van der Waals surface area contributed by atoms with Gasteiger partial charge in [0.15, 0.2) is 6.61 Å². The van der Waals surface area contributed by atoms with Crippen LogP contribution in [0.5, 0.6) is 5.75 Å². The van der Waals surface area contributed by atoms with Crippen LogP contribution in [0.1, 0.15) is 24.1 Å². The summed E-state index contributed by atoms with van der Waals surface area (Å²) >= 11 is 0. The third kappa shape index (κ3) is 4.32. The monoisotopic (exact) mass is 392 g/mol. The number of piperazine rings is 1. The topological polar surface area (TPSA) is 71.8 Å². The SMILES string of the molecule is CCc1ccc(C2CNCCN2C(=O)COc2ccc3ccc(=O)oc3c2)cc1. The van der Waals surface area contributed by atoms with E-state index in [1.165, 1.54) is 11.6 Å². The Hall–Kier alpha value is -3.12. The molecular formula is C23H24N2O4. The molecule has 2 heterocycles. The lowest BCUT2D eigenvalue weighted by molar-refractivity contribution is -0.136. The molecule has 1 amide bonds. The van der Waals surface area contributed by atoms with E-state index in [9.17, 15) is 9.59 Å². The van der Waals surface area contributed by atoms with Crippen LogP contribution in [0, 0.1) is 0 Å². The van der Waals surface area contributed by atoms with Gasteiger partial charge < -0.3 is 19.4 Å². The molecule has 0 radical (unpaired) electrons. The Morgan fingerprint density at radius 3 is 2.76 bits per heavy atom. The summed E-state index contributed by atoms with van der Waals surface area (Å²) in [5.41, 5.74) is 2.43. The van der Waals surface area contributed by atoms with Gasteiger partial charge in [-0.25, -0.2) is 4.79 Å². The van der Waals surface area contributed by atoms with Crippen LogP contribution >= 0.6 is 0 Å².